The molecule has 0 amide bonds. The molecule has 0 fully saturated rings. The van der Waals surface area contributed by atoms with Gasteiger partial charge in [-0.3, -0.25) is 0 Å². The molecule has 1 heterocycles. The van der Waals surface area contributed by atoms with E-state index in [1.54, 1.807) is 6.07 Å². The summed E-state index contributed by atoms with van der Waals surface area (Å²) >= 11 is 0. The van der Waals surface area contributed by atoms with Crippen LogP contribution >= 0.6 is 0 Å². The van der Waals surface area contributed by atoms with Gasteiger partial charge < -0.3 is 9.74 Å². The van der Waals surface area contributed by atoms with Crippen molar-refractivity contribution >= 4 is 11.8 Å². The number of halogens is 4. The van der Waals surface area contributed by atoms with E-state index in [4.69, 9.17) is 0 Å². The van der Waals surface area contributed by atoms with Crippen molar-refractivity contribution in [2.75, 3.05) is 6.54 Å². The number of fused-ring (bicyclic) bond motifs is 1. The molecular weight excluding hydrogens is 292 g/mol. The number of hydrogen-bond donors (Lipinski definition) is 0. The first kappa shape index (κ1) is 15.3. The van der Waals surface area contributed by atoms with Gasteiger partial charge in [0.25, 0.3) is 5.84 Å². The van der Waals surface area contributed by atoms with Gasteiger partial charge in [0.2, 0.25) is 0 Å². The Morgan fingerprint density at radius 2 is 2.05 bits per heavy atom. The molecule has 114 valence electrons. The Bertz CT molecular complexity index is 584. The number of benzene rings is 1. The van der Waals surface area contributed by atoms with Crippen molar-refractivity contribution in [3.8, 4) is 0 Å². The highest BCUT2D eigenvalue weighted by atomic mass is 19.4. The number of nitrogens with zero attached hydrogens (tertiary/aromatic N) is 2. The molecule has 21 heavy (non-hydrogen) atoms. The summed E-state index contributed by atoms with van der Waals surface area (Å²) in [5.74, 6) is -2.76. The molecule has 0 spiro atoms. The molecule has 0 unspecified atom stereocenters. The Kier molecular flexibility index (Phi) is 4.15. The third-order valence-electron chi connectivity index (χ3n) is 2.99. The Hall–Kier alpha value is -2.12. The number of carbonyl (C=O) groups excluding carboxylic acids is 1. The van der Waals surface area contributed by atoms with Gasteiger partial charge in [0.05, 0.1) is 0 Å². The van der Waals surface area contributed by atoms with Crippen LogP contribution in [0, 0.1) is 5.82 Å². The Morgan fingerprint density at radius 3 is 2.67 bits per heavy atom. The minimum Gasteiger partial charge on any atom is -0.345 e. The van der Waals surface area contributed by atoms with Crippen molar-refractivity contribution in [1.29, 1.82) is 0 Å². The van der Waals surface area contributed by atoms with Gasteiger partial charge in [-0.2, -0.15) is 13.2 Å². The third kappa shape index (κ3) is 3.71. The van der Waals surface area contributed by atoms with Gasteiger partial charge in [0.1, 0.15) is 5.82 Å². The zero-order valence-corrected chi connectivity index (χ0v) is 11.1. The molecule has 4 nitrogen and oxygen atoms in total. The maximum absolute atomic E-state index is 13.2. The van der Waals surface area contributed by atoms with Crippen LogP contribution in [-0.4, -0.2) is 29.4 Å². The average molecular weight is 304 g/mol. The molecule has 0 saturated heterocycles. The van der Waals surface area contributed by atoms with Crippen LogP contribution in [0.3, 0.4) is 0 Å². The van der Waals surface area contributed by atoms with Gasteiger partial charge in [0, 0.05) is 20.0 Å². The number of amidine groups is 1. The standard InChI is InChI=1S/C13H12F4N2O2/c1-8(20)21-18-12(13(15,16)17)19-5-4-9-2-3-11(14)6-10(9)7-19/h2-3,6H,4-5,7H2,1H3. The monoisotopic (exact) mass is 304 g/mol. The van der Waals surface area contributed by atoms with Crippen molar-refractivity contribution in [2.24, 2.45) is 5.16 Å². The second-order valence-electron chi connectivity index (χ2n) is 4.58. The molecule has 1 aliphatic rings. The van der Waals surface area contributed by atoms with Crippen molar-refractivity contribution in [3.05, 3.63) is 35.1 Å². The largest absolute Gasteiger partial charge is 0.452 e. The van der Waals surface area contributed by atoms with E-state index < -0.39 is 23.8 Å². The first-order valence-electron chi connectivity index (χ1n) is 6.12. The number of alkyl halides is 3. The summed E-state index contributed by atoms with van der Waals surface area (Å²) in [4.78, 5) is 15.7. The lowest BCUT2D eigenvalue weighted by Crippen LogP contribution is -2.44. The summed E-state index contributed by atoms with van der Waals surface area (Å²) in [6.45, 7) is 0.864. The second-order valence-corrected chi connectivity index (χ2v) is 4.58. The predicted octanol–water partition coefficient (Wildman–Crippen LogP) is 2.62. The highest BCUT2D eigenvalue weighted by molar-refractivity contribution is 5.88. The third-order valence-corrected chi connectivity index (χ3v) is 2.99. The lowest BCUT2D eigenvalue weighted by Gasteiger charge is -2.31. The van der Waals surface area contributed by atoms with Gasteiger partial charge in [-0.15, -0.1) is 0 Å². The first-order valence-corrected chi connectivity index (χ1v) is 6.12. The van der Waals surface area contributed by atoms with Gasteiger partial charge in [-0.05, 0) is 29.7 Å². The van der Waals surface area contributed by atoms with E-state index in [0.29, 0.717) is 12.0 Å². The number of oxime groups is 1. The SMILES string of the molecule is CC(=O)ON=C(N1CCc2ccc(F)cc2C1)C(F)(F)F. The van der Waals surface area contributed by atoms with Crippen LogP contribution in [-0.2, 0) is 22.6 Å². The zero-order valence-electron chi connectivity index (χ0n) is 11.1. The fraction of sp³-hybridized carbons (Fsp3) is 0.385. The number of carbonyl (C=O) groups is 1. The van der Waals surface area contributed by atoms with Crippen LogP contribution in [0.25, 0.3) is 0 Å². The van der Waals surface area contributed by atoms with Gasteiger partial charge in [0.15, 0.2) is 0 Å². The highest BCUT2D eigenvalue weighted by Gasteiger charge is 2.42. The maximum atomic E-state index is 13.2. The van der Waals surface area contributed by atoms with Crippen LogP contribution in [0.15, 0.2) is 23.4 Å². The summed E-state index contributed by atoms with van der Waals surface area (Å²) in [5, 5.41) is 2.89. The van der Waals surface area contributed by atoms with E-state index in [1.165, 1.54) is 12.1 Å². The smallest absolute Gasteiger partial charge is 0.345 e. The molecule has 8 heteroatoms. The molecule has 0 N–H and O–H groups in total. The van der Waals surface area contributed by atoms with E-state index in [-0.39, 0.29) is 13.1 Å². The van der Waals surface area contributed by atoms with Gasteiger partial charge in [-0.1, -0.05) is 11.2 Å². The Morgan fingerprint density at radius 1 is 1.33 bits per heavy atom. The Labute approximate surface area is 118 Å². The van der Waals surface area contributed by atoms with E-state index >= 15 is 0 Å². The van der Waals surface area contributed by atoms with Crippen molar-refractivity contribution in [2.45, 2.75) is 26.1 Å². The van der Waals surface area contributed by atoms with E-state index in [2.05, 4.69) is 9.99 Å². The van der Waals surface area contributed by atoms with Crippen LogP contribution < -0.4 is 0 Å². The molecular formula is C13H12F4N2O2. The van der Waals surface area contributed by atoms with Gasteiger partial charge in [-0.25, -0.2) is 9.18 Å². The molecule has 2 rings (SSSR count). The van der Waals surface area contributed by atoms with E-state index in [0.717, 1.165) is 17.4 Å². The van der Waals surface area contributed by atoms with Crippen LogP contribution in [0.5, 0.6) is 0 Å². The summed E-state index contributed by atoms with van der Waals surface area (Å²) in [6, 6.07) is 4.02. The molecule has 1 aromatic carbocycles. The fourth-order valence-electron chi connectivity index (χ4n) is 2.10. The molecule has 0 bridgehead atoms. The summed E-state index contributed by atoms with van der Waals surface area (Å²) < 4.78 is 52.1. The molecule has 0 atom stereocenters. The predicted molar refractivity (Wildman–Crippen MR) is 65.8 cm³/mol. The quantitative estimate of drug-likeness (QED) is 0.263. The van der Waals surface area contributed by atoms with E-state index in [9.17, 15) is 22.4 Å². The van der Waals surface area contributed by atoms with Crippen LogP contribution in [0.2, 0.25) is 0 Å². The molecule has 0 saturated carbocycles. The lowest BCUT2D eigenvalue weighted by molar-refractivity contribution is -0.141. The average Bonchev–Trinajstić information content (AvgIpc) is 2.36. The molecule has 0 radical (unpaired) electrons. The topological polar surface area (TPSA) is 41.9 Å². The van der Waals surface area contributed by atoms with Gasteiger partial charge >= 0.3 is 12.1 Å². The highest BCUT2D eigenvalue weighted by Crippen LogP contribution is 2.26. The number of rotatable bonds is 1. The summed E-state index contributed by atoms with van der Waals surface area (Å²) in [5.41, 5.74) is 1.25. The second kappa shape index (κ2) is 5.71. The molecule has 1 aliphatic heterocycles. The normalized spacial score (nSPS) is 15.7. The van der Waals surface area contributed by atoms with Crippen molar-refractivity contribution in [3.63, 3.8) is 0 Å². The minimum atomic E-state index is -4.76. The molecule has 0 aliphatic carbocycles. The first-order chi connectivity index (χ1) is 9.77. The summed E-state index contributed by atoms with van der Waals surface area (Å²) in [6.07, 6.45) is -4.44. The lowest BCUT2D eigenvalue weighted by atomic mass is 9.99. The van der Waals surface area contributed by atoms with Crippen molar-refractivity contribution in [1.82, 2.24) is 4.90 Å². The molecule has 1 aromatic rings. The fourth-order valence-corrected chi connectivity index (χ4v) is 2.10. The molecule has 0 aromatic heterocycles. The van der Waals surface area contributed by atoms with Crippen LogP contribution in [0.4, 0.5) is 17.6 Å². The summed E-state index contributed by atoms with van der Waals surface area (Å²) in [7, 11) is 0. The maximum Gasteiger partial charge on any atom is 0.452 e. The number of hydrogen-bond acceptors (Lipinski definition) is 3. The van der Waals surface area contributed by atoms with Crippen molar-refractivity contribution < 1.29 is 27.2 Å². The van der Waals surface area contributed by atoms with Crippen LogP contribution in [0.1, 0.15) is 18.1 Å². The Balaban J connectivity index is 2.27. The zero-order chi connectivity index (χ0) is 15.6. The minimum absolute atomic E-state index is 0.0538. The van der Waals surface area contributed by atoms with E-state index in [1.807, 2.05) is 0 Å².